The van der Waals surface area contributed by atoms with Crippen LogP contribution in [0, 0.1) is 0 Å². The minimum absolute atomic E-state index is 0.0651. The Balaban J connectivity index is 1.35. The largest absolute Gasteiger partial charge is 0.397 e. The molecule has 4 rings (SSSR count). The lowest BCUT2D eigenvalue weighted by molar-refractivity contribution is 0.0230. The fourth-order valence-corrected chi connectivity index (χ4v) is 6.30. The number of carbonyl (C=O) groups is 2. The Labute approximate surface area is 239 Å². The van der Waals surface area contributed by atoms with Crippen LogP contribution in [0.5, 0.6) is 0 Å². The van der Waals surface area contributed by atoms with Gasteiger partial charge in [0.2, 0.25) is 0 Å². The SMILES string of the molecule is CCCc1cc(N2CCC(NCC(O)c3ccc(C(=O)N(CC)N(C)C)cc3)CC2)nc2sc(C(N)=O)c(N)c12. The maximum absolute atomic E-state index is 12.7. The van der Waals surface area contributed by atoms with Crippen LogP contribution < -0.4 is 21.7 Å². The van der Waals surface area contributed by atoms with Crippen molar-refractivity contribution in [3.63, 3.8) is 0 Å². The minimum atomic E-state index is -0.664. The summed E-state index contributed by atoms with van der Waals surface area (Å²) >= 11 is 1.27. The van der Waals surface area contributed by atoms with Crippen molar-refractivity contribution in [1.82, 2.24) is 20.3 Å². The quantitative estimate of drug-likeness (QED) is 0.259. The zero-order valence-corrected chi connectivity index (χ0v) is 24.6. The molecule has 40 heavy (non-hydrogen) atoms. The minimum Gasteiger partial charge on any atom is -0.397 e. The molecule has 11 heteroatoms. The van der Waals surface area contributed by atoms with Gasteiger partial charge < -0.3 is 26.8 Å². The third kappa shape index (κ3) is 6.38. The Hall–Kier alpha value is -3.25. The van der Waals surface area contributed by atoms with E-state index in [2.05, 4.69) is 23.2 Å². The van der Waals surface area contributed by atoms with E-state index >= 15 is 0 Å². The van der Waals surface area contributed by atoms with Crippen LogP contribution >= 0.6 is 11.3 Å². The van der Waals surface area contributed by atoms with Gasteiger partial charge in [-0.15, -0.1) is 11.3 Å². The summed E-state index contributed by atoms with van der Waals surface area (Å²) in [5.41, 5.74) is 14.7. The van der Waals surface area contributed by atoms with E-state index in [1.165, 1.54) is 11.3 Å². The molecule has 3 heterocycles. The number of nitrogens with two attached hydrogens (primary N) is 2. The highest BCUT2D eigenvalue weighted by Gasteiger charge is 2.24. The standard InChI is InChI=1S/C29H41N7O3S/c1-5-7-20-16-23(33-28-24(20)25(30)26(40-28)27(31)38)35-14-12-21(13-15-35)32-17-22(37)18-8-10-19(11-9-18)29(39)36(6-2)34(3)4/h8-11,16,21-22,32,37H,5-7,12-15,17,30H2,1-4H3,(H2,31,38). The van der Waals surface area contributed by atoms with E-state index in [4.69, 9.17) is 16.5 Å². The van der Waals surface area contributed by atoms with Gasteiger partial charge in [0.15, 0.2) is 0 Å². The first kappa shape index (κ1) is 29.7. The first-order valence-corrected chi connectivity index (χ1v) is 14.7. The fraction of sp³-hybridized carbons (Fsp3) is 0.483. The number of hydrazine groups is 1. The summed E-state index contributed by atoms with van der Waals surface area (Å²) in [4.78, 5) is 32.8. The number of hydrogen-bond donors (Lipinski definition) is 4. The second kappa shape index (κ2) is 12.9. The molecule has 0 bridgehead atoms. The number of aryl methyl sites for hydroxylation is 1. The summed E-state index contributed by atoms with van der Waals surface area (Å²) in [6.07, 6.45) is 2.98. The zero-order chi connectivity index (χ0) is 29.0. The van der Waals surface area contributed by atoms with Gasteiger partial charge >= 0.3 is 0 Å². The molecule has 1 aliphatic heterocycles. The predicted octanol–water partition coefficient (Wildman–Crippen LogP) is 3.16. The monoisotopic (exact) mass is 567 g/mol. The van der Waals surface area contributed by atoms with E-state index in [0.29, 0.717) is 29.2 Å². The number of fused-ring (bicyclic) bond motifs is 1. The highest BCUT2D eigenvalue weighted by molar-refractivity contribution is 7.21. The first-order valence-electron chi connectivity index (χ1n) is 13.9. The van der Waals surface area contributed by atoms with Crippen LogP contribution in [0.15, 0.2) is 30.3 Å². The lowest BCUT2D eigenvalue weighted by atomic mass is 10.0. The van der Waals surface area contributed by atoms with E-state index in [9.17, 15) is 14.7 Å². The summed E-state index contributed by atoms with van der Waals surface area (Å²) < 4.78 is 0. The molecule has 1 atom stereocenters. The maximum Gasteiger partial charge on any atom is 0.268 e. The number of carbonyl (C=O) groups excluding carboxylic acids is 2. The molecular formula is C29H41N7O3S. The third-order valence-electron chi connectivity index (χ3n) is 7.49. The second-order valence-corrected chi connectivity index (χ2v) is 11.5. The van der Waals surface area contributed by atoms with Crippen molar-refractivity contribution in [2.45, 2.75) is 51.7 Å². The Morgan fingerprint density at radius 3 is 2.45 bits per heavy atom. The molecule has 6 N–H and O–H groups in total. The number of pyridine rings is 1. The van der Waals surface area contributed by atoms with E-state index in [-0.39, 0.29) is 11.9 Å². The molecule has 0 radical (unpaired) electrons. The number of aromatic nitrogens is 1. The van der Waals surface area contributed by atoms with Gasteiger partial charge in [-0.05, 0) is 55.5 Å². The van der Waals surface area contributed by atoms with Crippen LogP contribution in [0.2, 0.25) is 0 Å². The molecule has 0 saturated carbocycles. The molecule has 1 fully saturated rings. The van der Waals surface area contributed by atoms with E-state index in [1.807, 2.05) is 33.2 Å². The van der Waals surface area contributed by atoms with E-state index in [0.717, 1.165) is 65.9 Å². The summed E-state index contributed by atoms with van der Waals surface area (Å²) in [6.45, 7) is 6.74. The second-order valence-electron chi connectivity index (χ2n) is 10.5. The Morgan fingerprint density at radius 2 is 1.88 bits per heavy atom. The van der Waals surface area contributed by atoms with Gasteiger partial charge in [-0.25, -0.2) is 9.99 Å². The molecule has 2 amide bonds. The van der Waals surface area contributed by atoms with Crippen LogP contribution in [0.25, 0.3) is 10.2 Å². The summed E-state index contributed by atoms with van der Waals surface area (Å²) in [5, 5.41) is 18.6. The van der Waals surface area contributed by atoms with Crippen LogP contribution in [0.3, 0.4) is 0 Å². The number of amides is 2. The van der Waals surface area contributed by atoms with Crippen molar-refractivity contribution in [3.05, 3.63) is 51.9 Å². The number of piperidine rings is 1. The lowest BCUT2D eigenvalue weighted by Crippen LogP contribution is -2.44. The number of nitrogen functional groups attached to an aromatic ring is 1. The molecule has 2 aromatic heterocycles. The number of hydrogen-bond acceptors (Lipinski definition) is 9. The Morgan fingerprint density at radius 1 is 1.20 bits per heavy atom. The van der Waals surface area contributed by atoms with Crippen LogP contribution in [0.1, 0.15) is 70.4 Å². The summed E-state index contributed by atoms with van der Waals surface area (Å²) in [6, 6.07) is 9.57. The number of aliphatic hydroxyl groups is 1. The normalized spacial score (nSPS) is 15.1. The predicted molar refractivity (Wildman–Crippen MR) is 162 cm³/mol. The topological polar surface area (TPSA) is 141 Å². The number of rotatable bonds is 11. The van der Waals surface area contributed by atoms with Crippen molar-refractivity contribution in [3.8, 4) is 0 Å². The van der Waals surface area contributed by atoms with Gasteiger partial charge in [-0.3, -0.25) is 14.6 Å². The molecule has 10 nitrogen and oxygen atoms in total. The molecule has 1 aromatic carbocycles. The molecule has 1 saturated heterocycles. The smallest absolute Gasteiger partial charge is 0.268 e. The number of benzene rings is 1. The molecule has 0 aliphatic carbocycles. The lowest BCUT2D eigenvalue weighted by Gasteiger charge is -2.34. The van der Waals surface area contributed by atoms with Crippen molar-refractivity contribution in [1.29, 1.82) is 0 Å². The molecule has 1 aliphatic rings. The number of thiophene rings is 1. The van der Waals surface area contributed by atoms with Gasteiger partial charge in [-0.1, -0.05) is 25.5 Å². The number of aliphatic hydroxyl groups excluding tert-OH is 1. The molecule has 3 aromatic rings. The van der Waals surface area contributed by atoms with E-state index < -0.39 is 12.0 Å². The van der Waals surface area contributed by atoms with E-state index in [1.54, 1.807) is 22.2 Å². The van der Waals surface area contributed by atoms with Gasteiger partial charge in [0.1, 0.15) is 15.5 Å². The highest BCUT2D eigenvalue weighted by Crippen LogP contribution is 2.37. The average Bonchev–Trinajstić information content (AvgIpc) is 3.29. The Bertz CT molecular complexity index is 1330. The van der Waals surface area contributed by atoms with Crippen LogP contribution in [0.4, 0.5) is 11.5 Å². The number of anilines is 2. The first-order chi connectivity index (χ1) is 19.1. The molecular weight excluding hydrogens is 526 g/mol. The fourth-order valence-electron chi connectivity index (χ4n) is 5.31. The number of nitrogens with one attached hydrogen (secondary N) is 1. The van der Waals surface area contributed by atoms with Crippen molar-refractivity contribution >= 4 is 44.9 Å². The molecule has 1 unspecified atom stereocenters. The van der Waals surface area contributed by atoms with Crippen molar-refractivity contribution < 1.29 is 14.7 Å². The Kier molecular flexibility index (Phi) is 9.62. The zero-order valence-electron chi connectivity index (χ0n) is 23.8. The number of nitrogens with zero attached hydrogens (tertiary/aromatic N) is 4. The number of primary amides is 1. The molecule has 0 spiro atoms. The van der Waals surface area contributed by atoms with Crippen molar-refractivity contribution in [2.75, 3.05) is 50.9 Å². The highest BCUT2D eigenvalue weighted by atomic mass is 32.1. The van der Waals surface area contributed by atoms with Gasteiger partial charge in [-0.2, -0.15) is 0 Å². The maximum atomic E-state index is 12.7. The van der Waals surface area contributed by atoms with Gasteiger partial charge in [0.25, 0.3) is 11.8 Å². The summed E-state index contributed by atoms with van der Waals surface area (Å²) in [7, 11) is 3.69. The van der Waals surface area contributed by atoms with Crippen molar-refractivity contribution in [2.24, 2.45) is 5.73 Å². The average molecular weight is 568 g/mol. The van der Waals surface area contributed by atoms with Gasteiger partial charge in [0, 0.05) is 57.3 Å². The molecule has 216 valence electrons. The van der Waals surface area contributed by atoms with Crippen LogP contribution in [-0.2, 0) is 6.42 Å². The van der Waals surface area contributed by atoms with Crippen LogP contribution in [-0.4, -0.2) is 78.2 Å². The van der Waals surface area contributed by atoms with Gasteiger partial charge in [0.05, 0.1) is 11.8 Å². The third-order valence-corrected chi connectivity index (χ3v) is 8.60. The summed E-state index contributed by atoms with van der Waals surface area (Å²) in [5.74, 6) is 0.317.